The summed E-state index contributed by atoms with van der Waals surface area (Å²) in [6, 6.07) is 0. The highest BCUT2D eigenvalue weighted by atomic mass is 32.1. The van der Waals surface area contributed by atoms with Crippen LogP contribution in [0.15, 0.2) is 0 Å². The van der Waals surface area contributed by atoms with Gasteiger partial charge >= 0.3 is 0 Å². The van der Waals surface area contributed by atoms with E-state index in [1.807, 2.05) is 0 Å². The van der Waals surface area contributed by atoms with Gasteiger partial charge in [-0.2, -0.15) is 25.3 Å². The number of hydrogen-bond acceptors (Lipinski definition) is 2. The van der Waals surface area contributed by atoms with Crippen LogP contribution >= 0.6 is 25.3 Å². The largest absolute Gasteiger partial charge is 0.179 e. The molecule has 0 bridgehead atoms. The molecule has 0 rings (SSSR count). The average molecular weight is 194 g/mol. The van der Waals surface area contributed by atoms with E-state index in [2.05, 4.69) is 39.1 Å². The Morgan fingerprint density at radius 2 is 1.18 bits per heavy atom. The van der Waals surface area contributed by atoms with Crippen molar-refractivity contribution >= 4 is 25.3 Å². The minimum Gasteiger partial charge on any atom is -0.179 e. The number of rotatable bonds is 5. The summed E-state index contributed by atoms with van der Waals surface area (Å²) in [5.74, 6) is 2.09. The Morgan fingerprint density at radius 1 is 0.727 bits per heavy atom. The molecule has 0 fully saturated rings. The molecule has 0 amide bonds. The van der Waals surface area contributed by atoms with Crippen molar-refractivity contribution in [2.75, 3.05) is 11.5 Å². The van der Waals surface area contributed by atoms with Gasteiger partial charge in [0.2, 0.25) is 0 Å². The van der Waals surface area contributed by atoms with Crippen LogP contribution in [-0.4, -0.2) is 11.5 Å². The maximum absolute atomic E-state index is 4.05. The monoisotopic (exact) mass is 194 g/mol. The smallest absolute Gasteiger partial charge is 0.00979 e. The molecular formula is C9H22S2. The Hall–Kier alpha value is 0.700. The lowest BCUT2D eigenvalue weighted by Crippen LogP contribution is -1.70. The molecule has 0 heterocycles. The van der Waals surface area contributed by atoms with Gasteiger partial charge in [0.15, 0.2) is 0 Å². The third-order valence-corrected chi connectivity index (χ3v) is 1.91. The van der Waals surface area contributed by atoms with Crippen LogP contribution in [0, 0.1) is 0 Å². The van der Waals surface area contributed by atoms with Gasteiger partial charge in [-0.1, -0.05) is 33.1 Å². The highest BCUT2D eigenvalue weighted by Crippen LogP contribution is 1.93. The second-order valence-corrected chi connectivity index (χ2v) is 3.40. The third-order valence-electron chi connectivity index (χ3n) is 1.27. The van der Waals surface area contributed by atoms with Crippen molar-refractivity contribution in [3.05, 3.63) is 0 Å². The van der Waals surface area contributed by atoms with Crippen molar-refractivity contribution in [1.82, 2.24) is 0 Å². The predicted octanol–water partition coefficient (Wildman–Crippen LogP) is 3.82. The van der Waals surface area contributed by atoms with Crippen LogP contribution in [0.3, 0.4) is 0 Å². The van der Waals surface area contributed by atoms with Gasteiger partial charge in [0.1, 0.15) is 0 Å². The lowest BCUT2D eigenvalue weighted by Gasteiger charge is -1.85. The maximum atomic E-state index is 4.05. The van der Waals surface area contributed by atoms with E-state index >= 15 is 0 Å². The predicted molar refractivity (Wildman–Crippen MR) is 62.1 cm³/mol. The highest BCUT2D eigenvalue weighted by molar-refractivity contribution is 7.80. The van der Waals surface area contributed by atoms with E-state index < -0.39 is 0 Å². The van der Waals surface area contributed by atoms with Crippen LogP contribution in [0.5, 0.6) is 0 Å². The van der Waals surface area contributed by atoms with E-state index in [-0.39, 0.29) is 0 Å². The molecule has 0 aliphatic carbocycles. The fourth-order valence-electron chi connectivity index (χ4n) is 0.520. The molecule has 2 heteroatoms. The summed E-state index contributed by atoms with van der Waals surface area (Å²) < 4.78 is 0. The van der Waals surface area contributed by atoms with Crippen molar-refractivity contribution in [1.29, 1.82) is 0 Å². The number of thiol groups is 2. The van der Waals surface area contributed by atoms with Crippen molar-refractivity contribution in [2.24, 2.45) is 0 Å². The minimum absolute atomic E-state index is 1.04. The minimum atomic E-state index is 1.04. The summed E-state index contributed by atoms with van der Waals surface area (Å²) in [6.07, 6.45) is 6.44. The average Bonchev–Trinajstić information content (AvgIpc) is 2.04. The van der Waals surface area contributed by atoms with Crippen molar-refractivity contribution in [3.8, 4) is 0 Å². The molecule has 0 spiro atoms. The first kappa shape index (κ1) is 14.2. The first-order valence-electron chi connectivity index (χ1n) is 4.55. The molecule has 70 valence electrons. The quantitative estimate of drug-likeness (QED) is 0.482. The molecule has 0 radical (unpaired) electrons. The molecule has 0 saturated heterocycles. The maximum Gasteiger partial charge on any atom is -0.00979 e. The Bertz CT molecular complexity index is 40.8. The first-order valence-corrected chi connectivity index (χ1v) is 5.81. The van der Waals surface area contributed by atoms with Crippen molar-refractivity contribution in [3.63, 3.8) is 0 Å². The van der Waals surface area contributed by atoms with E-state index in [4.69, 9.17) is 0 Å². The molecular weight excluding hydrogens is 172 g/mol. The van der Waals surface area contributed by atoms with Crippen LogP contribution < -0.4 is 0 Å². The fourth-order valence-corrected chi connectivity index (χ4v) is 1.06. The van der Waals surface area contributed by atoms with Gasteiger partial charge < -0.3 is 0 Å². The van der Waals surface area contributed by atoms with Crippen LogP contribution in [0.2, 0.25) is 0 Å². The second kappa shape index (κ2) is 17.0. The van der Waals surface area contributed by atoms with Gasteiger partial charge in [-0.25, -0.2) is 0 Å². The molecule has 0 N–H and O–H groups in total. The van der Waals surface area contributed by atoms with Gasteiger partial charge in [0.25, 0.3) is 0 Å². The van der Waals surface area contributed by atoms with Crippen LogP contribution in [-0.2, 0) is 0 Å². The molecule has 0 unspecified atom stereocenters. The Labute approximate surface area is 83.0 Å². The summed E-state index contributed by atoms with van der Waals surface area (Å²) in [7, 11) is 0. The zero-order chi connectivity index (χ0) is 8.95. The molecule has 0 saturated carbocycles. The highest BCUT2D eigenvalue weighted by Gasteiger charge is 1.75. The van der Waals surface area contributed by atoms with Gasteiger partial charge in [-0.05, 0) is 24.3 Å². The molecule has 0 aromatic carbocycles. The molecule has 0 aromatic rings. The second-order valence-electron chi connectivity index (χ2n) is 2.51. The van der Waals surface area contributed by atoms with Crippen LogP contribution in [0.1, 0.15) is 46.0 Å². The lowest BCUT2D eigenvalue weighted by atomic mass is 10.3. The van der Waals surface area contributed by atoms with E-state index in [0.29, 0.717) is 0 Å². The van der Waals surface area contributed by atoms with E-state index in [1.54, 1.807) is 0 Å². The van der Waals surface area contributed by atoms with E-state index in [9.17, 15) is 0 Å². The Balaban J connectivity index is 0. The third kappa shape index (κ3) is 24.9. The van der Waals surface area contributed by atoms with Crippen LogP contribution in [0.25, 0.3) is 0 Å². The van der Waals surface area contributed by atoms with Gasteiger partial charge in [0.05, 0.1) is 0 Å². The first-order chi connectivity index (χ1) is 5.33. The topological polar surface area (TPSA) is 0 Å². The molecule has 0 aromatic heterocycles. The molecule has 0 nitrogen and oxygen atoms in total. The summed E-state index contributed by atoms with van der Waals surface area (Å²) in [5, 5.41) is 0. The summed E-state index contributed by atoms with van der Waals surface area (Å²) in [4.78, 5) is 0. The van der Waals surface area contributed by atoms with Crippen molar-refractivity contribution < 1.29 is 0 Å². The Morgan fingerprint density at radius 3 is 1.27 bits per heavy atom. The zero-order valence-corrected chi connectivity index (χ0v) is 9.63. The fraction of sp³-hybridized carbons (Fsp3) is 1.00. The lowest BCUT2D eigenvalue weighted by molar-refractivity contribution is 0.780. The standard InChI is InChI=1S/C5H12S.C4H10S/c1-2-3-4-5-6;1-2-3-4-5/h6H,2-5H2,1H3;5H,2-4H2,1H3. The summed E-state index contributed by atoms with van der Waals surface area (Å²) in [5.41, 5.74) is 0. The normalized spacial score (nSPS) is 8.73. The zero-order valence-electron chi connectivity index (χ0n) is 7.84. The molecule has 0 aliphatic heterocycles. The van der Waals surface area contributed by atoms with E-state index in [1.165, 1.54) is 32.1 Å². The van der Waals surface area contributed by atoms with Crippen LogP contribution in [0.4, 0.5) is 0 Å². The number of unbranched alkanes of at least 4 members (excludes halogenated alkanes) is 3. The number of hydrogen-bond donors (Lipinski definition) is 2. The Kier molecular flexibility index (Phi) is 22.0. The van der Waals surface area contributed by atoms with Crippen molar-refractivity contribution in [2.45, 2.75) is 46.0 Å². The van der Waals surface area contributed by atoms with Gasteiger partial charge in [-0.15, -0.1) is 0 Å². The SMILES string of the molecule is CCCCCS.CCCCS. The van der Waals surface area contributed by atoms with E-state index in [0.717, 1.165) is 11.5 Å². The van der Waals surface area contributed by atoms with Gasteiger partial charge in [-0.3, -0.25) is 0 Å². The molecule has 0 aliphatic rings. The summed E-state index contributed by atoms with van der Waals surface area (Å²) in [6.45, 7) is 4.36. The van der Waals surface area contributed by atoms with Gasteiger partial charge in [0, 0.05) is 0 Å². The molecule has 0 atom stereocenters. The summed E-state index contributed by atoms with van der Waals surface area (Å²) >= 11 is 8.06. The molecule has 11 heavy (non-hydrogen) atoms.